The van der Waals surface area contributed by atoms with E-state index in [4.69, 9.17) is 10.7 Å². The second-order valence-corrected chi connectivity index (χ2v) is 5.53. The molecule has 0 saturated carbocycles. The van der Waals surface area contributed by atoms with Crippen molar-refractivity contribution >= 4 is 5.82 Å². The van der Waals surface area contributed by atoms with Gasteiger partial charge in [0, 0.05) is 12.5 Å². The van der Waals surface area contributed by atoms with E-state index in [2.05, 4.69) is 27.7 Å². The number of anilines is 1. The Bertz CT molecular complexity index is 345. The van der Waals surface area contributed by atoms with Gasteiger partial charge in [-0.1, -0.05) is 40.5 Å². The molecule has 0 aliphatic rings. The summed E-state index contributed by atoms with van der Waals surface area (Å²) in [6, 6.07) is 0. The zero-order chi connectivity index (χ0) is 12.3. The molecule has 1 aromatic rings. The summed E-state index contributed by atoms with van der Waals surface area (Å²) in [6.45, 7) is 8.72. The molecule has 3 nitrogen and oxygen atoms in total. The number of nitrogens with two attached hydrogens (primary N) is 1. The largest absolute Gasteiger partial charge is 0.384 e. The van der Waals surface area contributed by atoms with Crippen molar-refractivity contribution < 1.29 is 0 Å². The highest BCUT2D eigenvalue weighted by Gasteiger charge is 2.22. The van der Waals surface area contributed by atoms with Crippen molar-refractivity contribution in [2.75, 3.05) is 5.73 Å². The minimum absolute atomic E-state index is 0.0614. The van der Waals surface area contributed by atoms with Gasteiger partial charge < -0.3 is 10.3 Å². The number of hydrogen-bond acceptors (Lipinski definition) is 2. The van der Waals surface area contributed by atoms with Crippen LogP contribution in [0.2, 0.25) is 0 Å². The van der Waals surface area contributed by atoms with Crippen molar-refractivity contribution in [3.05, 3.63) is 11.5 Å². The van der Waals surface area contributed by atoms with Gasteiger partial charge in [-0.25, -0.2) is 4.98 Å². The molecule has 0 bridgehead atoms. The fraction of sp³-hybridized carbons (Fsp3) is 0.769. The predicted octanol–water partition coefficient (Wildman–Crippen LogP) is 3.03. The highest BCUT2D eigenvalue weighted by atomic mass is 15.1. The molecular formula is C13H25N3. The van der Waals surface area contributed by atoms with Crippen LogP contribution in [-0.2, 0) is 18.9 Å². The highest BCUT2D eigenvalue weighted by molar-refractivity contribution is 5.39. The molecule has 3 heteroatoms. The minimum Gasteiger partial charge on any atom is -0.384 e. The maximum atomic E-state index is 6.08. The lowest BCUT2D eigenvalue weighted by Crippen LogP contribution is -2.17. The van der Waals surface area contributed by atoms with Gasteiger partial charge in [0.1, 0.15) is 11.6 Å². The summed E-state index contributed by atoms with van der Waals surface area (Å²) < 4.78 is 2.03. The molecule has 0 saturated heterocycles. The summed E-state index contributed by atoms with van der Waals surface area (Å²) >= 11 is 0. The van der Waals surface area contributed by atoms with E-state index in [9.17, 15) is 0 Å². The maximum Gasteiger partial charge on any atom is 0.126 e. The van der Waals surface area contributed by atoms with Gasteiger partial charge in [-0.2, -0.15) is 0 Å². The molecule has 0 aromatic carbocycles. The predicted molar refractivity (Wildman–Crippen MR) is 69.5 cm³/mol. The molecule has 1 rings (SSSR count). The van der Waals surface area contributed by atoms with E-state index in [0.717, 1.165) is 23.8 Å². The van der Waals surface area contributed by atoms with Gasteiger partial charge in [0.25, 0.3) is 0 Å². The van der Waals surface area contributed by atoms with Crippen LogP contribution in [0.15, 0.2) is 0 Å². The van der Waals surface area contributed by atoms with E-state index in [1.165, 1.54) is 19.3 Å². The van der Waals surface area contributed by atoms with Crippen molar-refractivity contribution in [3.8, 4) is 0 Å². The van der Waals surface area contributed by atoms with Crippen LogP contribution in [0, 0.1) is 0 Å². The zero-order valence-electron chi connectivity index (χ0n) is 11.3. The molecule has 0 unspecified atom stereocenters. The summed E-state index contributed by atoms with van der Waals surface area (Å²) in [5.74, 6) is 1.91. The third kappa shape index (κ3) is 2.77. The molecule has 0 radical (unpaired) electrons. The van der Waals surface area contributed by atoms with Gasteiger partial charge in [0.15, 0.2) is 0 Å². The Balaban J connectivity index is 2.88. The summed E-state index contributed by atoms with van der Waals surface area (Å²) in [4.78, 5) is 4.69. The van der Waals surface area contributed by atoms with E-state index in [1.54, 1.807) is 0 Å². The Morgan fingerprint density at radius 2 is 1.88 bits per heavy atom. The van der Waals surface area contributed by atoms with E-state index in [1.807, 2.05) is 11.6 Å². The second-order valence-electron chi connectivity index (χ2n) is 5.53. The second kappa shape index (κ2) is 4.89. The van der Waals surface area contributed by atoms with Gasteiger partial charge in [-0.15, -0.1) is 0 Å². The average molecular weight is 223 g/mol. The van der Waals surface area contributed by atoms with Gasteiger partial charge in [-0.3, -0.25) is 0 Å². The Labute approximate surface area is 99.1 Å². The maximum absolute atomic E-state index is 6.08. The van der Waals surface area contributed by atoms with Crippen LogP contribution in [0.3, 0.4) is 0 Å². The van der Waals surface area contributed by atoms with E-state index < -0.39 is 0 Å². The van der Waals surface area contributed by atoms with E-state index in [0.29, 0.717) is 0 Å². The van der Waals surface area contributed by atoms with Crippen LogP contribution < -0.4 is 5.73 Å². The first-order valence-corrected chi connectivity index (χ1v) is 6.19. The van der Waals surface area contributed by atoms with Gasteiger partial charge in [0.2, 0.25) is 0 Å². The van der Waals surface area contributed by atoms with Gasteiger partial charge in [0.05, 0.1) is 5.69 Å². The third-order valence-corrected chi connectivity index (χ3v) is 2.90. The number of nitrogen functional groups attached to an aromatic ring is 1. The smallest absolute Gasteiger partial charge is 0.126 e. The molecule has 92 valence electrons. The summed E-state index contributed by atoms with van der Waals surface area (Å²) in [5.41, 5.74) is 7.21. The lowest BCUT2D eigenvalue weighted by molar-refractivity contribution is 0.523. The van der Waals surface area contributed by atoms with Crippen LogP contribution in [0.1, 0.15) is 58.5 Å². The van der Waals surface area contributed by atoms with Gasteiger partial charge >= 0.3 is 0 Å². The molecule has 2 N–H and O–H groups in total. The molecule has 0 aliphatic heterocycles. The molecule has 0 amide bonds. The van der Waals surface area contributed by atoms with Crippen LogP contribution in [0.25, 0.3) is 0 Å². The Hall–Kier alpha value is -0.990. The number of rotatable bonds is 4. The van der Waals surface area contributed by atoms with E-state index >= 15 is 0 Å². The molecule has 16 heavy (non-hydrogen) atoms. The zero-order valence-corrected chi connectivity index (χ0v) is 11.3. The molecule has 1 heterocycles. The normalized spacial score (nSPS) is 12.1. The summed E-state index contributed by atoms with van der Waals surface area (Å²) in [6.07, 6.45) is 4.67. The number of unbranched alkanes of at least 4 members (excludes halogenated alkanes) is 2. The molecule has 0 fully saturated rings. The molecule has 0 spiro atoms. The monoisotopic (exact) mass is 223 g/mol. The molecule has 0 aliphatic carbocycles. The first-order valence-electron chi connectivity index (χ1n) is 6.19. The van der Waals surface area contributed by atoms with Crippen molar-refractivity contribution in [1.82, 2.24) is 9.55 Å². The number of imidazole rings is 1. The van der Waals surface area contributed by atoms with Crippen LogP contribution in [0.4, 0.5) is 5.82 Å². The van der Waals surface area contributed by atoms with Crippen molar-refractivity contribution in [3.63, 3.8) is 0 Å². The standard InChI is InChI=1S/C13H25N3/c1-6-7-8-9-10-11(14)16(5)12(15-10)13(2,3)4/h6-9,14H2,1-5H3. The lowest BCUT2D eigenvalue weighted by atomic mass is 9.96. The van der Waals surface area contributed by atoms with Crippen molar-refractivity contribution in [1.29, 1.82) is 0 Å². The number of aryl methyl sites for hydroxylation is 1. The molecule has 1 aromatic heterocycles. The average Bonchev–Trinajstić information content (AvgIpc) is 2.45. The first-order chi connectivity index (χ1) is 7.38. The van der Waals surface area contributed by atoms with Crippen molar-refractivity contribution in [2.45, 2.75) is 58.8 Å². The van der Waals surface area contributed by atoms with Crippen LogP contribution in [0.5, 0.6) is 0 Å². The Morgan fingerprint density at radius 3 is 2.31 bits per heavy atom. The topological polar surface area (TPSA) is 43.8 Å². The quantitative estimate of drug-likeness (QED) is 0.797. The third-order valence-electron chi connectivity index (χ3n) is 2.90. The number of nitrogens with zero attached hydrogens (tertiary/aromatic N) is 2. The lowest BCUT2D eigenvalue weighted by Gasteiger charge is -2.17. The fourth-order valence-electron chi connectivity index (χ4n) is 1.97. The molecule has 0 atom stereocenters. The highest BCUT2D eigenvalue weighted by Crippen LogP contribution is 2.25. The van der Waals surface area contributed by atoms with Crippen LogP contribution in [-0.4, -0.2) is 9.55 Å². The van der Waals surface area contributed by atoms with E-state index in [-0.39, 0.29) is 5.41 Å². The number of aromatic nitrogens is 2. The Kier molecular flexibility index (Phi) is 4.00. The fourth-order valence-corrected chi connectivity index (χ4v) is 1.97. The number of hydrogen-bond donors (Lipinski definition) is 1. The minimum atomic E-state index is 0.0614. The Morgan fingerprint density at radius 1 is 1.25 bits per heavy atom. The summed E-state index contributed by atoms with van der Waals surface area (Å²) in [5, 5.41) is 0. The first kappa shape index (κ1) is 13.1. The van der Waals surface area contributed by atoms with Crippen LogP contribution >= 0.6 is 0 Å². The molecular weight excluding hydrogens is 198 g/mol. The van der Waals surface area contributed by atoms with Gasteiger partial charge in [-0.05, 0) is 12.8 Å². The SMILES string of the molecule is CCCCCc1nc(C(C)(C)C)n(C)c1N. The van der Waals surface area contributed by atoms with Crippen molar-refractivity contribution in [2.24, 2.45) is 7.05 Å². The summed E-state index contributed by atoms with van der Waals surface area (Å²) in [7, 11) is 2.01.